The van der Waals surface area contributed by atoms with E-state index in [-0.39, 0.29) is 6.42 Å². The molecule has 0 heterocycles. The van der Waals surface area contributed by atoms with Crippen LogP contribution in [-0.2, 0) is 4.79 Å². The summed E-state index contributed by atoms with van der Waals surface area (Å²) in [6.07, 6.45) is 4.20. The van der Waals surface area contributed by atoms with Crippen molar-refractivity contribution in [3.63, 3.8) is 0 Å². The van der Waals surface area contributed by atoms with Crippen molar-refractivity contribution in [2.75, 3.05) is 6.26 Å². The lowest BCUT2D eigenvalue weighted by atomic mass is 9.98. The number of carboxylic acid groups (broad SMARTS) is 1. The van der Waals surface area contributed by atoms with E-state index in [4.69, 9.17) is 0 Å². The average Bonchev–Trinajstić information content (AvgIpc) is 2.81. The zero-order chi connectivity index (χ0) is 16.4. The van der Waals surface area contributed by atoms with Crippen LogP contribution in [0.4, 0.5) is 0 Å². The van der Waals surface area contributed by atoms with E-state index in [0.29, 0.717) is 0 Å². The van der Waals surface area contributed by atoms with E-state index >= 15 is 0 Å². The molecule has 0 aliphatic heterocycles. The quantitative estimate of drug-likeness (QED) is 0.785. The number of rotatable bonds is 4. The lowest BCUT2D eigenvalue weighted by Crippen LogP contribution is -1.98. The fourth-order valence-electron chi connectivity index (χ4n) is 2.98. The largest absolute Gasteiger partial charge is 0.481 e. The predicted molar refractivity (Wildman–Crippen MR) is 97.4 cm³/mol. The molecule has 0 amide bonds. The van der Waals surface area contributed by atoms with Gasteiger partial charge in [-0.25, -0.2) is 0 Å². The lowest BCUT2D eigenvalue weighted by molar-refractivity contribution is -0.136. The number of allylic oxidation sites excluding steroid dienone is 2. The van der Waals surface area contributed by atoms with Crippen molar-refractivity contribution in [2.45, 2.75) is 18.2 Å². The Morgan fingerprint density at radius 1 is 1.09 bits per heavy atom. The molecule has 0 bridgehead atoms. The first-order valence-corrected chi connectivity index (χ1v) is 8.70. The van der Waals surface area contributed by atoms with E-state index in [0.717, 1.165) is 33.4 Å². The molecule has 0 radical (unpaired) electrons. The molecule has 0 atom stereocenters. The molecule has 0 unspecified atom stereocenters. The number of aliphatic carboxylic acids is 1. The van der Waals surface area contributed by atoms with Crippen LogP contribution in [0, 0.1) is 0 Å². The highest BCUT2D eigenvalue weighted by atomic mass is 32.2. The maximum atomic E-state index is 11.3. The number of hydrogen-bond donors (Lipinski definition) is 1. The van der Waals surface area contributed by atoms with Crippen LogP contribution in [0.3, 0.4) is 0 Å². The van der Waals surface area contributed by atoms with Gasteiger partial charge in [-0.05, 0) is 64.8 Å². The Kier molecular flexibility index (Phi) is 4.39. The first kappa shape index (κ1) is 15.6. The van der Waals surface area contributed by atoms with E-state index in [1.807, 2.05) is 19.1 Å². The zero-order valence-corrected chi connectivity index (χ0v) is 14.0. The van der Waals surface area contributed by atoms with Crippen molar-refractivity contribution in [3.05, 3.63) is 70.8 Å². The number of hydrogen-bond acceptors (Lipinski definition) is 2. The Hall–Kier alpha value is -2.26. The van der Waals surface area contributed by atoms with Crippen LogP contribution in [0.25, 0.3) is 17.2 Å². The van der Waals surface area contributed by atoms with Crippen molar-refractivity contribution in [2.24, 2.45) is 0 Å². The summed E-state index contributed by atoms with van der Waals surface area (Å²) in [7, 11) is 0. The van der Waals surface area contributed by atoms with Crippen LogP contribution in [0.1, 0.15) is 30.0 Å². The van der Waals surface area contributed by atoms with Crippen molar-refractivity contribution in [1.82, 2.24) is 0 Å². The molecule has 3 heteroatoms. The molecule has 1 N–H and O–H groups in total. The summed E-state index contributed by atoms with van der Waals surface area (Å²) in [6, 6.07) is 16.5. The fourth-order valence-corrected chi connectivity index (χ4v) is 3.39. The minimum Gasteiger partial charge on any atom is -0.481 e. The zero-order valence-electron chi connectivity index (χ0n) is 13.2. The van der Waals surface area contributed by atoms with Gasteiger partial charge in [0.1, 0.15) is 0 Å². The lowest BCUT2D eigenvalue weighted by Gasteiger charge is -2.07. The van der Waals surface area contributed by atoms with E-state index in [2.05, 4.69) is 48.7 Å². The van der Waals surface area contributed by atoms with Crippen molar-refractivity contribution in [1.29, 1.82) is 0 Å². The van der Waals surface area contributed by atoms with Gasteiger partial charge in [-0.2, -0.15) is 0 Å². The minimum absolute atomic E-state index is 0.0508. The highest BCUT2D eigenvalue weighted by molar-refractivity contribution is 7.98. The molecule has 1 aliphatic rings. The second kappa shape index (κ2) is 6.47. The third-order valence-corrected chi connectivity index (χ3v) is 4.90. The van der Waals surface area contributed by atoms with Gasteiger partial charge in [0.15, 0.2) is 0 Å². The molecule has 3 rings (SSSR count). The summed E-state index contributed by atoms with van der Waals surface area (Å²) < 4.78 is 0. The maximum Gasteiger partial charge on any atom is 0.307 e. The summed E-state index contributed by atoms with van der Waals surface area (Å²) in [5.41, 5.74) is 6.34. The Morgan fingerprint density at radius 3 is 2.35 bits per heavy atom. The monoisotopic (exact) mass is 322 g/mol. The van der Waals surface area contributed by atoms with Crippen molar-refractivity contribution >= 4 is 35.0 Å². The summed E-state index contributed by atoms with van der Waals surface area (Å²) in [5, 5.41) is 9.26. The molecule has 0 saturated heterocycles. The van der Waals surface area contributed by atoms with Gasteiger partial charge in [0.25, 0.3) is 0 Å². The summed E-state index contributed by atoms with van der Waals surface area (Å²) >= 11 is 1.71. The number of carboxylic acids is 1. The summed E-state index contributed by atoms with van der Waals surface area (Å²) in [6.45, 7) is 2.01. The van der Waals surface area contributed by atoms with Gasteiger partial charge in [-0.3, -0.25) is 4.79 Å². The van der Waals surface area contributed by atoms with Crippen LogP contribution in [0.5, 0.6) is 0 Å². The number of benzene rings is 2. The molecule has 2 aromatic carbocycles. The first-order chi connectivity index (χ1) is 11.1. The van der Waals surface area contributed by atoms with Crippen LogP contribution >= 0.6 is 11.8 Å². The molecular weight excluding hydrogens is 304 g/mol. The highest BCUT2D eigenvalue weighted by Crippen LogP contribution is 2.43. The normalized spacial score (nSPS) is 15.1. The average molecular weight is 322 g/mol. The number of fused-ring (bicyclic) bond motifs is 1. The summed E-state index contributed by atoms with van der Waals surface area (Å²) in [5.74, 6) is -0.796. The molecule has 23 heavy (non-hydrogen) atoms. The maximum absolute atomic E-state index is 11.3. The van der Waals surface area contributed by atoms with E-state index in [9.17, 15) is 9.90 Å². The van der Waals surface area contributed by atoms with E-state index in [1.165, 1.54) is 4.90 Å². The van der Waals surface area contributed by atoms with Crippen molar-refractivity contribution < 1.29 is 9.90 Å². The summed E-state index contributed by atoms with van der Waals surface area (Å²) in [4.78, 5) is 12.5. The smallest absolute Gasteiger partial charge is 0.307 e. The van der Waals surface area contributed by atoms with E-state index < -0.39 is 5.97 Å². The topological polar surface area (TPSA) is 37.3 Å². The van der Waals surface area contributed by atoms with Gasteiger partial charge in [0.05, 0.1) is 6.42 Å². The molecule has 2 aromatic rings. The molecule has 116 valence electrons. The van der Waals surface area contributed by atoms with Gasteiger partial charge < -0.3 is 5.11 Å². The van der Waals surface area contributed by atoms with Crippen LogP contribution < -0.4 is 0 Å². The minimum atomic E-state index is -0.796. The highest BCUT2D eigenvalue weighted by Gasteiger charge is 2.24. The van der Waals surface area contributed by atoms with Gasteiger partial charge in [0, 0.05) is 4.90 Å². The first-order valence-electron chi connectivity index (χ1n) is 7.47. The Morgan fingerprint density at radius 2 is 1.74 bits per heavy atom. The third kappa shape index (κ3) is 3.10. The Labute approximate surface area is 140 Å². The molecule has 0 aromatic heterocycles. The fraction of sp³-hybridized carbons (Fsp3) is 0.150. The van der Waals surface area contributed by atoms with E-state index in [1.54, 1.807) is 11.8 Å². The second-order valence-electron chi connectivity index (χ2n) is 5.55. The van der Waals surface area contributed by atoms with Gasteiger partial charge in [0.2, 0.25) is 0 Å². The SMILES string of the molecule is CSc1ccc(C=C2C(CC(=O)O)=C(C)c3ccccc32)cc1. The molecule has 0 saturated carbocycles. The van der Waals surface area contributed by atoms with Crippen LogP contribution in [0.15, 0.2) is 59.0 Å². The molecule has 1 aliphatic carbocycles. The van der Waals surface area contributed by atoms with Crippen molar-refractivity contribution in [3.8, 4) is 0 Å². The standard InChI is InChI=1S/C20H18O2S/c1-13-16-5-3-4-6-17(16)19(18(13)12-20(21)22)11-14-7-9-15(23-2)10-8-14/h3-11H,12H2,1-2H3,(H,21,22). The molecule has 0 spiro atoms. The van der Waals surface area contributed by atoms with Gasteiger partial charge in [-0.1, -0.05) is 36.4 Å². The Balaban J connectivity index is 2.10. The molecule has 0 fully saturated rings. The Bertz CT molecular complexity index is 814. The van der Waals surface area contributed by atoms with Gasteiger partial charge in [-0.15, -0.1) is 11.8 Å². The molecule has 2 nitrogen and oxygen atoms in total. The van der Waals surface area contributed by atoms with Crippen LogP contribution in [-0.4, -0.2) is 17.3 Å². The number of carbonyl (C=O) groups is 1. The predicted octanol–water partition coefficient (Wildman–Crippen LogP) is 5.21. The second-order valence-corrected chi connectivity index (χ2v) is 6.43. The molecular formula is C20H18O2S. The number of thioether (sulfide) groups is 1. The van der Waals surface area contributed by atoms with Gasteiger partial charge >= 0.3 is 5.97 Å². The third-order valence-electron chi connectivity index (χ3n) is 4.15. The van der Waals surface area contributed by atoms with Crippen LogP contribution in [0.2, 0.25) is 0 Å².